The van der Waals surface area contributed by atoms with E-state index < -0.39 is 11.6 Å². The number of nitrogens with one attached hydrogen (secondary N) is 1. The van der Waals surface area contributed by atoms with Gasteiger partial charge in [-0.05, 0) is 24.5 Å². The molecule has 1 aliphatic rings. The van der Waals surface area contributed by atoms with Crippen molar-refractivity contribution >= 4 is 11.7 Å². The molecular formula is C16H23F2N3O. The number of carbonyl (C=O) groups is 1. The third-order valence-electron chi connectivity index (χ3n) is 3.82. The molecule has 1 heterocycles. The van der Waals surface area contributed by atoms with Gasteiger partial charge < -0.3 is 15.1 Å². The van der Waals surface area contributed by atoms with Crippen LogP contribution in [-0.4, -0.2) is 43.7 Å². The van der Waals surface area contributed by atoms with Gasteiger partial charge in [0.05, 0.1) is 5.69 Å². The second kappa shape index (κ2) is 7.42. The van der Waals surface area contributed by atoms with Crippen LogP contribution in [0.15, 0.2) is 18.2 Å². The van der Waals surface area contributed by atoms with Crippen LogP contribution >= 0.6 is 0 Å². The number of urea groups is 1. The Bertz CT molecular complexity index is 514. The Labute approximate surface area is 130 Å². The van der Waals surface area contributed by atoms with Crippen molar-refractivity contribution in [2.45, 2.75) is 20.3 Å². The fraction of sp³-hybridized carbons (Fsp3) is 0.562. The van der Waals surface area contributed by atoms with Crippen molar-refractivity contribution in [3.8, 4) is 0 Å². The van der Waals surface area contributed by atoms with Gasteiger partial charge in [-0.2, -0.15) is 0 Å². The molecule has 2 rings (SSSR count). The number of carbonyl (C=O) groups excluding carboxylic acids is 1. The Morgan fingerprint density at radius 1 is 1.23 bits per heavy atom. The summed E-state index contributed by atoms with van der Waals surface area (Å²) in [5, 5.41) is 2.90. The van der Waals surface area contributed by atoms with E-state index in [-0.39, 0.29) is 6.03 Å². The summed E-state index contributed by atoms with van der Waals surface area (Å²) in [6.45, 7) is 7.04. The van der Waals surface area contributed by atoms with Gasteiger partial charge in [0.15, 0.2) is 0 Å². The second-order valence-corrected chi connectivity index (χ2v) is 5.98. The smallest absolute Gasteiger partial charge is 0.317 e. The molecule has 2 amide bonds. The Kier molecular flexibility index (Phi) is 5.57. The van der Waals surface area contributed by atoms with Crippen molar-refractivity contribution in [1.82, 2.24) is 10.2 Å². The van der Waals surface area contributed by atoms with Crippen LogP contribution in [0, 0.1) is 17.6 Å². The van der Waals surface area contributed by atoms with Crippen molar-refractivity contribution in [2.24, 2.45) is 5.92 Å². The average molecular weight is 311 g/mol. The summed E-state index contributed by atoms with van der Waals surface area (Å²) in [5.41, 5.74) is 0.390. The van der Waals surface area contributed by atoms with Crippen LogP contribution in [0.2, 0.25) is 0 Å². The fourth-order valence-corrected chi connectivity index (χ4v) is 2.47. The molecule has 1 saturated heterocycles. The number of nitrogens with zero attached hydrogens (tertiary/aromatic N) is 2. The van der Waals surface area contributed by atoms with Gasteiger partial charge in [0.2, 0.25) is 0 Å². The van der Waals surface area contributed by atoms with Crippen molar-refractivity contribution in [3.05, 3.63) is 29.8 Å². The highest BCUT2D eigenvalue weighted by Gasteiger charge is 2.22. The monoisotopic (exact) mass is 311 g/mol. The highest BCUT2D eigenvalue weighted by atomic mass is 19.1. The number of hydrogen-bond donors (Lipinski definition) is 1. The highest BCUT2D eigenvalue weighted by Crippen LogP contribution is 2.21. The molecule has 4 nitrogen and oxygen atoms in total. The predicted molar refractivity (Wildman–Crippen MR) is 83.0 cm³/mol. The summed E-state index contributed by atoms with van der Waals surface area (Å²) in [6, 6.07) is 3.52. The first-order chi connectivity index (χ1) is 10.5. The third-order valence-corrected chi connectivity index (χ3v) is 3.82. The summed E-state index contributed by atoms with van der Waals surface area (Å²) in [6.07, 6.45) is 0.951. The molecule has 0 spiro atoms. The number of benzene rings is 1. The topological polar surface area (TPSA) is 35.6 Å². The zero-order valence-corrected chi connectivity index (χ0v) is 13.1. The zero-order valence-electron chi connectivity index (χ0n) is 13.1. The lowest BCUT2D eigenvalue weighted by Gasteiger charge is -2.36. The van der Waals surface area contributed by atoms with Crippen molar-refractivity contribution < 1.29 is 13.6 Å². The van der Waals surface area contributed by atoms with E-state index in [1.165, 1.54) is 12.1 Å². The molecule has 0 unspecified atom stereocenters. The average Bonchev–Trinajstić information content (AvgIpc) is 2.47. The van der Waals surface area contributed by atoms with E-state index in [1.807, 2.05) is 4.90 Å². The van der Waals surface area contributed by atoms with Crippen molar-refractivity contribution in [3.63, 3.8) is 0 Å². The SMILES string of the molecule is CC(C)CCNC(=O)N1CCN(c2ccc(F)cc2F)CC1. The van der Waals surface area contributed by atoms with Gasteiger partial charge in [-0.15, -0.1) is 0 Å². The largest absolute Gasteiger partial charge is 0.366 e. The minimum Gasteiger partial charge on any atom is -0.366 e. The maximum absolute atomic E-state index is 13.8. The van der Waals surface area contributed by atoms with Crippen LogP contribution in [0.5, 0.6) is 0 Å². The summed E-state index contributed by atoms with van der Waals surface area (Å²) >= 11 is 0. The van der Waals surface area contributed by atoms with Crippen molar-refractivity contribution in [1.29, 1.82) is 0 Å². The predicted octanol–water partition coefficient (Wildman–Crippen LogP) is 2.84. The number of halogens is 2. The van der Waals surface area contributed by atoms with Gasteiger partial charge in [-0.1, -0.05) is 13.8 Å². The first kappa shape index (κ1) is 16.5. The van der Waals surface area contributed by atoms with E-state index in [0.29, 0.717) is 44.3 Å². The molecule has 0 aliphatic carbocycles. The van der Waals surface area contributed by atoms with Crippen LogP contribution in [0.4, 0.5) is 19.3 Å². The van der Waals surface area contributed by atoms with Crippen LogP contribution in [0.3, 0.4) is 0 Å². The van der Waals surface area contributed by atoms with Crippen LogP contribution in [0.25, 0.3) is 0 Å². The van der Waals surface area contributed by atoms with Gasteiger partial charge in [0.1, 0.15) is 11.6 Å². The molecule has 0 atom stereocenters. The Morgan fingerprint density at radius 3 is 2.50 bits per heavy atom. The molecule has 0 bridgehead atoms. The first-order valence-corrected chi connectivity index (χ1v) is 7.70. The van der Waals surface area contributed by atoms with Gasteiger partial charge >= 0.3 is 6.03 Å². The van der Waals surface area contributed by atoms with E-state index >= 15 is 0 Å². The summed E-state index contributed by atoms with van der Waals surface area (Å²) in [5.74, 6) is -0.585. The maximum atomic E-state index is 13.8. The lowest BCUT2D eigenvalue weighted by atomic mass is 10.1. The molecule has 1 fully saturated rings. The Hall–Kier alpha value is -1.85. The second-order valence-electron chi connectivity index (χ2n) is 5.98. The summed E-state index contributed by atoms with van der Waals surface area (Å²) in [4.78, 5) is 15.6. The Balaban J connectivity index is 1.83. The van der Waals surface area contributed by atoms with E-state index in [0.717, 1.165) is 12.5 Å². The molecule has 6 heteroatoms. The van der Waals surface area contributed by atoms with Gasteiger partial charge in [-0.25, -0.2) is 13.6 Å². The minimum atomic E-state index is -0.579. The van der Waals surface area contributed by atoms with Crippen LogP contribution in [0.1, 0.15) is 20.3 Å². The lowest BCUT2D eigenvalue weighted by Crippen LogP contribution is -2.52. The summed E-state index contributed by atoms with van der Waals surface area (Å²) < 4.78 is 26.7. The third kappa shape index (κ3) is 4.32. The molecule has 1 aromatic rings. The molecule has 0 saturated carbocycles. The lowest BCUT2D eigenvalue weighted by molar-refractivity contribution is 0.193. The van der Waals surface area contributed by atoms with Crippen molar-refractivity contribution in [2.75, 3.05) is 37.6 Å². The van der Waals surface area contributed by atoms with E-state index in [2.05, 4.69) is 19.2 Å². The van der Waals surface area contributed by atoms with E-state index in [9.17, 15) is 13.6 Å². The normalized spacial score (nSPS) is 15.3. The molecule has 22 heavy (non-hydrogen) atoms. The van der Waals surface area contributed by atoms with E-state index in [4.69, 9.17) is 0 Å². The van der Waals surface area contributed by atoms with E-state index in [1.54, 1.807) is 4.90 Å². The summed E-state index contributed by atoms with van der Waals surface area (Å²) in [7, 11) is 0. The maximum Gasteiger partial charge on any atom is 0.317 e. The molecule has 0 aromatic heterocycles. The van der Waals surface area contributed by atoms with Gasteiger partial charge in [-0.3, -0.25) is 0 Å². The number of rotatable bonds is 4. The molecular weight excluding hydrogens is 288 g/mol. The molecule has 1 aromatic carbocycles. The van der Waals surface area contributed by atoms with Crippen LogP contribution in [-0.2, 0) is 0 Å². The number of amides is 2. The quantitative estimate of drug-likeness (QED) is 0.928. The molecule has 1 aliphatic heterocycles. The number of hydrogen-bond acceptors (Lipinski definition) is 2. The highest BCUT2D eigenvalue weighted by molar-refractivity contribution is 5.74. The molecule has 122 valence electrons. The first-order valence-electron chi connectivity index (χ1n) is 7.70. The van der Waals surface area contributed by atoms with Gasteiger partial charge in [0, 0.05) is 38.8 Å². The minimum absolute atomic E-state index is 0.0696. The zero-order chi connectivity index (χ0) is 16.1. The van der Waals surface area contributed by atoms with Gasteiger partial charge in [0.25, 0.3) is 0 Å². The number of anilines is 1. The molecule has 0 radical (unpaired) electrons. The Morgan fingerprint density at radius 2 is 1.91 bits per heavy atom. The van der Waals surface area contributed by atoms with Crippen LogP contribution < -0.4 is 10.2 Å². The molecule has 1 N–H and O–H groups in total. The number of piperazine rings is 1. The standard InChI is InChI=1S/C16H23F2N3O/c1-12(2)5-6-19-16(22)21-9-7-20(8-10-21)15-4-3-13(17)11-14(15)18/h3-4,11-12H,5-10H2,1-2H3,(H,19,22). The fourth-order valence-electron chi connectivity index (χ4n) is 2.47.